The highest BCUT2D eigenvalue weighted by atomic mass is 32.2. The fourth-order valence-corrected chi connectivity index (χ4v) is 5.36. The van der Waals surface area contributed by atoms with Crippen LogP contribution in [-0.4, -0.2) is 37.4 Å². The number of hydrogen-bond donors (Lipinski definition) is 2. The minimum Gasteiger partial charge on any atom is -0.326 e. The van der Waals surface area contributed by atoms with Crippen molar-refractivity contribution in [3.8, 4) is 0 Å². The summed E-state index contributed by atoms with van der Waals surface area (Å²) in [6, 6.07) is 19.6. The van der Waals surface area contributed by atoms with Crippen molar-refractivity contribution < 1.29 is 13.2 Å². The summed E-state index contributed by atoms with van der Waals surface area (Å²) >= 11 is 0. The van der Waals surface area contributed by atoms with E-state index in [1.54, 1.807) is 29.2 Å². The molecule has 3 aromatic carbocycles. The van der Waals surface area contributed by atoms with Crippen molar-refractivity contribution >= 4 is 26.8 Å². The van der Waals surface area contributed by atoms with E-state index in [2.05, 4.69) is 11.8 Å². The summed E-state index contributed by atoms with van der Waals surface area (Å²) in [6.45, 7) is 3.92. The van der Waals surface area contributed by atoms with Gasteiger partial charge in [0, 0.05) is 25.0 Å². The van der Waals surface area contributed by atoms with Gasteiger partial charge in [-0.15, -0.1) is 4.83 Å². The van der Waals surface area contributed by atoms with Crippen molar-refractivity contribution in [1.29, 1.82) is 0 Å². The Bertz CT molecular complexity index is 1210. The molecule has 0 atom stereocenters. The van der Waals surface area contributed by atoms with Gasteiger partial charge in [0.05, 0.1) is 11.4 Å². The lowest BCUT2D eigenvalue weighted by Crippen LogP contribution is -2.53. The lowest BCUT2D eigenvalue weighted by molar-refractivity contribution is 0.124. The molecule has 4 rings (SSSR count). The van der Waals surface area contributed by atoms with E-state index in [1.807, 2.05) is 42.5 Å². The molecule has 1 heterocycles. The molecule has 174 valence electrons. The second kappa shape index (κ2) is 9.91. The van der Waals surface area contributed by atoms with Gasteiger partial charge in [0.2, 0.25) is 0 Å². The molecule has 3 N–H and O–H groups in total. The van der Waals surface area contributed by atoms with Crippen molar-refractivity contribution in [2.45, 2.75) is 37.8 Å². The Kier molecular flexibility index (Phi) is 6.97. The Morgan fingerprint density at radius 3 is 2.33 bits per heavy atom. The molecule has 1 fully saturated rings. The predicted octanol–water partition coefficient (Wildman–Crippen LogP) is 3.85. The Morgan fingerprint density at radius 2 is 1.64 bits per heavy atom. The summed E-state index contributed by atoms with van der Waals surface area (Å²) in [5.41, 5.74) is 7.47. The van der Waals surface area contributed by atoms with Crippen LogP contribution in [0.2, 0.25) is 0 Å². The fourth-order valence-electron chi connectivity index (χ4n) is 4.10. The van der Waals surface area contributed by atoms with Crippen LogP contribution in [0.15, 0.2) is 71.6 Å². The summed E-state index contributed by atoms with van der Waals surface area (Å²) in [4.78, 5) is 17.9. The molecule has 1 aliphatic heterocycles. The minimum atomic E-state index is -4.01. The third-order valence-electron chi connectivity index (χ3n) is 6.15. The van der Waals surface area contributed by atoms with E-state index in [9.17, 15) is 13.2 Å². The normalized spacial score (nSPS) is 15.0. The number of piperidine rings is 1. The highest BCUT2D eigenvalue weighted by Crippen LogP contribution is 2.24. The molecule has 0 spiro atoms. The average Bonchev–Trinajstić information content (AvgIpc) is 2.83. The number of amides is 2. The summed E-state index contributed by atoms with van der Waals surface area (Å²) in [7, 11) is -4.01. The number of urea groups is 1. The van der Waals surface area contributed by atoms with Crippen LogP contribution in [-0.2, 0) is 23.1 Å². The van der Waals surface area contributed by atoms with E-state index in [1.165, 1.54) is 5.01 Å². The number of benzene rings is 3. The van der Waals surface area contributed by atoms with Crippen LogP contribution in [0, 0.1) is 5.92 Å². The molecule has 0 aromatic heterocycles. The van der Waals surface area contributed by atoms with Gasteiger partial charge in [0.15, 0.2) is 0 Å². The molecule has 7 nitrogen and oxygen atoms in total. The molecule has 0 aliphatic carbocycles. The number of likely N-dealkylation sites (tertiary alicyclic amines) is 1. The molecule has 0 unspecified atom stereocenters. The first kappa shape index (κ1) is 23.2. The van der Waals surface area contributed by atoms with Gasteiger partial charge in [-0.3, -0.25) is 0 Å². The number of carbonyl (C=O) groups excluding carboxylic acids is 1. The van der Waals surface area contributed by atoms with Gasteiger partial charge >= 0.3 is 6.03 Å². The zero-order valence-electron chi connectivity index (χ0n) is 18.8. The lowest BCUT2D eigenvalue weighted by Gasteiger charge is -2.34. The molecular weight excluding hydrogens is 436 g/mol. The number of hydrogen-bond acceptors (Lipinski definition) is 4. The number of fused-ring (bicyclic) bond motifs is 1. The minimum absolute atomic E-state index is 0.111. The molecule has 0 bridgehead atoms. The zero-order valence-corrected chi connectivity index (χ0v) is 19.6. The third kappa shape index (κ3) is 5.35. The van der Waals surface area contributed by atoms with Crippen molar-refractivity contribution in [2.75, 3.05) is 13.1 Å². The van der Waals surface area contributed by atoms with Crippen LogP contribution in [0.1, 0.15) is 30.9 Å². The number of nitrogens with one attached hydrogen (secondary N) is 1. The second-order valence-corrected chi connectivity index (χ2v) is 10.3. The number of hydrazine groups is 1. The summed E-state index contributed by atoms with van der Waals surface area (Å²) in [6.07, 6.45) is 1.81. The van der Waals surface area contributed by atoms with Gasteiger partial charge in [-0.1, -0.05) is 67.6 Å². The maximum absolute atomic E-state index is 13.4. The topological polar surface area (TPSA) is 95.7 Å². The summed E-state index contributed by atoms with van der Waals surface area (Å²) < 4.78 is 26.9. The SMILES string of the molecule is CC1CCN(C(=O)N(Cc2ccc(CN)cc2)NS(=O)(=O)c2cccc3ccccc23)CC1. The highest BCUT2D eigenvalue weighted by molar-refractivity contribution is 7.89. The Morgan fingerprint density at radius 1 is 1.00 bits per heavy atom. The smallest absolute Gasteiger partial charge is 0.326 e. The second-order valence-electron chi connectivity index (χ2n) is 8.63. The van der Waals surface area contributed by atoms with Gasteiger partial charge in [-0.25, -0.2) is 18.2 Å². The van der Waals surface area contributed by atoms with E-state index >= 15 is 0 Å². The quantitative estimate of drug-likeness (QED) is 0.540. The van der Waals surface area contributed by atoms with E-state index in [0.29, 0.717) is 30.9 Å². The van der Waals surface area contributed by atoms with Crippen molar-refractivity contribution in [3.63, 3.8) is 0 Å². The monoisotopic (exact) mass is 466 g/mol. The summed E-state index contributed by atoms with van der Waals surface area (Å²) in [5, 5.41) is 2.64. The number of sulfonamides is 1. The van der Waals surface area contributed by atoms with E-state index in [-0.39, 0.29) is 17.5 Å². The van der Waals surface area contributed by atoms with Crippen LogP contribution in [0.3, 0.4) is 0 Å². The molecule has 8 heteroatoms. The first-order chi connectivity index (χ1) is 15.9. The lowest BCUT2D eigenvalue weighted by atomic mass is 10.00. The molecule has 33 heavy (non-hydrogen) atoms. The van der Waals surface area contributed by atoms with Gasteiger partial charge < -0.3 is 10.6 Å². The average molecular weight is 467 g/mol. The van der Waals surface area contributed by atoms with Crippen LogP contribution < -0.4 is 10.6 Å². The first-order valence-electron chi connectivity index (χ1n) is 11.2. The molecule has 3 aromatic rings. The van der Waals surface area contributed by atoms with E-state index in [0.717, 1.165) is 29.4 Å². The fraction of sp³-hybridized carbons (Fsp3) is 0.320. The first-order valence-corrected chi connectivity index (χ1v) is 12.7. The Hall–Kier alpha value is -2.94. The molecule has 1 saturated heterocycles. The third-order valence-corrected chi connectivity index (χ3v) is 7.55. The zero-order chi connectivity index (χ0) is 23.4. The number of rotatable bonds is 6. The molecule has 0 saturated carbocycles. The predicted molar refractivity (Wildman–Crippen MR) is 130 cm³/mol. The molecular formula is C25H30N4O3S. The van der Waals surface area contributed by atoms with Crippen LogP contribution in [0.4, 0.5) is 4.79 Å². The van der Waals surface area contributed by atoms with Gasteiger partial charge in [0.1, 0.15) is 0 Å². The van der Waals surface area contributed by atoms with Crippen molar-refractivity contribution in [1.82, 2.24) is 14.7 Å². The van der Waals surface area contributed by atoms with Gasteiger partial charge in [0.25, 0.3) is 10.0 Å². The maximum Gasteiger partial charge on any atom is 0.335 e. The van der Waals surface area contributed by atoms with Crippen LogP contribution >= 0.6 is 0 Å². The number of nitrogens with zero attached hydrogens (tertiary/aromatic N) is 2. The van der Waals surface area contributed by atoms with Crippen LogP contribution in [0.5, 0.6) is 0 Å². The number of carbonyl (C=O) groups is 1. The molecule has 0 radical (unpaired) electrons. The van der Waals surface area contributed by atoms with Crippen molar-refractivity contribution in [2.24, 2.45) is 11.7 Å². The standard InChI is InChI=1S/C25H30N4O3S/c1-19-13-15-28(16-14-19)25(30)29(18-21-11-9-20(17-26)10-12-21)27-33(31,32)24-8-4-6-22-5-2-3-7-23(22)24/h2-12,19,27H,13-18,26H2,1H3. The van der Waals surface area contributed by atoms with Gasteiger partial charge in [-0.05, 0) is 41.3 Å². The Labute approximate surface area is 195 Å². The van der Waals surface area contributed by atoms with E-state index in [4.69, 9.17) is 5.73 Å². The number of nitrogens with two attached hydrogens (primary N) is 1. The molecule has 1 aliphatic rings. The van der Waals surface area contributed by atoms with E-state index < -0.39 is 10.0 Å². The van der Waals surface area contributed by atoms with Crippen molar-refractivity contribution in [3.05, 3.63) is 77.9 Å². The largest absolute Gasteiger partial charge is 0.335 e. The highest BCUT2D eigenvalue weighted by Gasteiger charge is 2.29. The molecule has 2 amide bonds. The van der Waals surface area contributed by atoms with Gasteiger partial charge in [-0.2, -0.15) is 0 Å². The summed E-state index contributed by atoms with van der Waals surface area (Å²) in [5.74, 6) is 0.554. The maximum atomic E-state index is 13.4. The Balaban J connectivity index is 1.64. The van der Waals surface area contributed by atoms with Crippen LogP contribution in [0.25, 0.3) is 10.8 Å².